The van der Waals surface area contributed by atoms with Crippen molar-refractivity contribution in [1.29, 1.82) is 0 Å². The molecule has 0 unspecified atom stereocenters. The number of benzene rings is 1. The van der Waals surface area contributed by atoms with Crippen LogP contribution in [0, 0.1) is 20.8 Å². The zero-order valence-corrected chi connectivity index (χ0v) is 17.6. The first-order valence-electron chi connectivity index (χ1n) is 9.76. The molecule has 5 rings (SSSR count). The number of hydrogen-bond acceptors (Lipinski definition) is 6. The first-order chi connectivity index (χ1) is 14.8. The van der Waals surface area contributed by atoms with Crippen molar-refractivity contribution in [2.75, 3.05) is 5.73 Å². The molecular formula is C22H21N7O2. The number of carbonyl (C=O) groups is 1. The molecule has 1 aliphatic heterocycles. The predicted molar refractivity (Wildman–Crippen MR) is 118 cm³/mol. The second-order valence-electron chi connectivity index (χ2n) is 7.74. The molecule has 0 bridgehead atoms. The largest absolute Gasteiger partial charge is 0.508 e. The molecule has 0 saturated carbocycles. The second kappa shape index (κ2) is 6.43. The van der Waals surface area contributed by atoms with Gasteiger partial charge in [-0.25, -0.2) is 9.97 Å². The third kappa shape index (κ3) is 2.70. The van der Waals surface area contributed by atoms with Crippen molar-refractivity contribution in [3.63, 3.8) is 0 Å². The summed E-state index contributed by atoms with van der Waals surface area (Å²) in [5.74, 6) is 0.577. The van der Waals surface area contributed by atoms with Crippen LogP contribution in [-0.4, -0.2) is 35.3 Å². The van der Waals surface area contributed by atoms with E-state index in [-0.39, 0.29) is 17.5 Å². The maximum atomic E-state index is 13.3. The Morgan fingerprint density at radius 1 is 1.16 bits per heavy atom. The summed E-state index contributed by atoms with van der Waals surface area (Å²) < 4.78 is 3.40. The van der Waals surface area contributed by atoms with Crippen LogP contribution in [0.4, 0.5) is 5.82 Å². The second-order valence-corrected chi connectivity index (χ2v) is 7.74. The Morgan fingerprint density at radius 3 is 2.65 bits per heavy atom. The fourth-order valence-corrected chi connectivity index (χ4v) is 4.14. The van der Waals surface area contributed by atoms with Gasteiger partial charge >= 0.3 is 0 Å². The molecule has 1 aromatic carbocycles. The van der Waals surface area contributed by atoms with Gasteiger partial charge in [0.05, 0.1) is 34.2 Å². The number of rotatable bonds is 2. The van der Waals surface area contributed by atoms with Crippen molar-refractivity contribution in [2.45, 2.75) is 20.8 Å². The maximum absolute atomic E-state index is 13.3. The van der Waals surface area contributed by atoms with Gasteiger partial charge in [-0.1, -0.05) is 6.07 Å². The number of carbonyl (C=O) groups excluding carboxylic acids is 1. The summed E-state index contributed by atoms with van der Waals surface area (Å²) in [5, 5.41) is 18.0. The van der Waals surface area contributed by atoms with Gasteiger partial charge in [-0.15, -0.1) is 0 Å². The highest BCUT2D eigenvalue weighted by molar-refractivity contribution is 6.18. The molecule has 4 aromatic rings. The monoisotopic (exact) mass is 415 g/mol. The number of anilines is 1. The summed E-state index contributed by atoms with van der Waals surface area (Å²) in [4.78, 5) is 22.5. The van der Waals surface area contributed by atoms with E-state index in [4.69, 9.17) is 5.73 Å². The molecule has 0 aliphatic carbocycles. The Morgan fingerprint density at radius 2 is 1.94 bits per heavy atom. The lowest BCUT2D eigenvalue weighted by Crippen LogP contribution is -2.22. The summed E-state index contributed by atoms with van der Waals surface area (Å²) in [6.45, 7) is 5.53. The van der Waals surface area contributed by atoms with Crippen LogP contribution in [0.2, 0.25) is 0 Å². The third-order valence-electron chi connectivity index (χ3n) is 5.59. The molecule has 1 amide bonds. The van der Waals surface area contributed by atoms with E-state index < -0.39 is 0 Å². The quantitative estimate of drug-likeness (QED) is 0.462. The average Bonchev–Trinajstić information content (AvgIpc) is 3.21. The lowest BCUT2D eigenvalue weighted by Gasteiger charge is -2.16. The zero-order chi connectivity index (χ0) is 22.0. The molecule has 0 atom stereocenters. The van der Waals surface area contributed by atoms with Crippen LogP contribution >= 0.6 is 0 Å². The number of phenolic OH excluding ortho intramolecular Hbond substituents is 1. The van der Waals surface area contributed by atoms with Gasteiger partial charge < -0.3 is 16.2 Å². The third-order valence-corrected chi connectivity index (χ3v) is 5.59. The van der Waals surface area contributed by atoms with E-state index in [2.05, 4.69) is 20.4 Å². The number of hydrogen-bond donors (Lipinski definition) is 3. The molecule has 0 saturated heterocycles. The van der Waals surface area contributed by atoms with Crippen molar-refractivity contribution in [3.8, 4) is 11.4 Å². The first-order valence-corrected chi connectivity index (χ1v) is 9.76. The van der Waals surface area contributed by atoms with E-state index in [0.717, 1.165) is 11.1 Å². The van der Waals surface area contributed by atoms with E-state index in [1.807, 2.05) is 39.2 Å². The SMILES string of the molecule is Cc1nc2c3c(c(N)n(-c4c(C)ccc(O)c4C)c3n1)C(=O)NC(c1cnn(C)c1)=C2. The smallest absolute Gasteiger partial charge is 0.260 e. The first kappa shape index (κ1) is 18.9. The highest BCUT2D eigenvalue weighted by Crippen LogP contribution is 2.38. The van der Waals surface area contributed by atoms with E-state index in [1.165, 1.54) is 0 Å². The fourth-order valence-electron chi connectivity index (χ4n) is 4.14. The van der Waals surface area contributed by atoms with Gasteiger partial charge in [0.15, 0.2) is 5.65 Å². The Hall–Kier alpha value is -4.14. The fraction of sp³-hybridized carbons (Fsp3) is 0.182. The van der Waals surface area contributed by atoms with Gasteiger partial charge in [-0.05, 0) is 38.5 Å². The molecule has 9 heteroatoms. The van der Waals surface area contributed by atoms with Crippen molar-refractivity contribution in [2.24, 2.45) is 7.05 Å². The Labute approximate surface area is 177 Å². The number of phenols is 1. The number of aryl methyl sites for hydroxylation is 3. The molecule has 3 aromatic heterocycles. The Kier molecular flexibility index (Phi) is 3.91. The molecule has 0 fully saturated rings. The lowest BCUT2D eigenvalue weighted by atomic mass is 10.1. The highest BCUT2D eigenvalue weighted by Gasteiger charge is 2.30. The van der Waals surface area contributed by atoms with E-state index in [1.54, 1.807) is 28.4 Å². The summed E-state index contributed by atoms with van der Waals surface area (Å²) in [5.41, 5.74) is 11.6. The van der Waals surface area contributed by atoms with Crippen molar-refractivity contribution >= 4 is 34.5 Å². The van der Waals surface area contributed by atoms with Gasteiger partial charge in [0.25, 0.3) is 5.91 Å². The molecule has 4 N–H and O–H groups in total. The van der Waals surface area contributed by atoms with Gasteiger partial charge in [0, 0.05) is 24.4 Å². The summed E-state index contributed by atoms with van der Waals surface area (Å²) >= 11 is 0. The van der Waals surface area contributed by atoms with Gasteiger partial charge in [-0.2, -0.15) is 5.10 Å². The molecule has 0 radical (unpaired) electrons. The van der Waals surface area contributed by atoms with E-state index in [9.17, 15) is 9.90 Å². The number of aromatic hydroxyl groups is 1. The summed E-state index contributed by atoms with van der Waals surface area (Å²) in [7, 11) is 1.81. The Balaban J connectivity index is 1.88. The summed E-state index contributed by atoms with van der Waals surface area (Å²) in [6.07, 6.45) is 5.31. The van der Waals surface area contributed by atoms with E-state index >= 15 is 0 Å². The topological polar surface area (TPSA) is 124 Å². The molecule has 31 heavy (non-hydrogen) atoms. The number of nitrogens with zero attached hydrogens (tertiary/aromatic N) is 5. The molecular weight excluding hydrogens is 394 g/mol. The van der Waals surface area contributed by atoms with Crippen LogP contribution in [0.5, 0.6) is 5.75 Å². The maximum Gasteiger partial charge on any atom is 0.260 e. The molecule has 9 nitrogen and oxygen atoms in total. The molecule has 4 heterocycles. The average molecular weight is 415 g/mol. The van der Waals surface area contributed by atoms with Crippen LogP contribution in [0.1, 0.15) is 38.6 Å². The van der Waals surface area contributed by atoms with Crippen LogP contribution < -0.4 is 11.1 Å². The van der Waals surface area contributed by atoms with Crippen molar-refractivity contribution in [1.82, 2.24) is 29.6 Å². The minimum Gasteiger partial charge on any atom is -0.508 e. The highest BCUT2D eigenvalue weighted by atomic mass is 16.3. The predicted octanol–water partition coefficient (Wildman–Crippen LogP) is 2.61. The molecule has 156 valence electrons. The van der Waals surface area contributed by atoms with Crippen LogP contribution in [0.25, 0.3) is 28.5 Å². The standard InChI is InChI=1S/C22H21N7O2/c1-10-5-6-16(30)11(2)19(10)29-20(23)18-17-15(25-12(3)26-21(17)29)7-14(27-22(18)31)13-8-24-28(4)9-13/h5-9,30H,23H2,1-4H3,(H,27,31). The van der Waals surface area contributed by atoms with Gasteiger partial charge in [0.1, 0.15) is 17.4 Å². The number of nitrogens with one attached hydrogen (secondary N) is 1. The van der Waals surface area contributed by atoms with Crippen LogP contribution in [0.3, 0.4) is 0 Å². The molecule has 1 aliphatic rings. The van der Waals surface area contributed by atoms with Gasteiger partial charge in [0.2, 0.25) is 0 Å². The minimum absolute atomic E-state index is 0.143. The van der Waals surface area contributed by atoms with E-state index in [0.29, 0.717) is 45.1 Å². The van der Waals surface area contributed by atoms with Crippen LogP contribution in [0.15, 0.2) is 24.5 Å². The number of nitrogen functional groups attached to an aromatic ring is 1. The Bertz CT molecular complexity index is 1440. The van der Waals surface area contributed by atoms with Crippen molar-refractivity contribution in [3.05, 3.63) is 58.3 Å². The van der Waals surface area contributed by atoms with Gasteiger partial charge in [-0.3, -0.25) is 14.0 Å². The zero-order valence-electron chi connectivity index (χ0n) is 17.6. The lowest BCUT2D eigenvalue weighted by molar-refractivity contribution is 0.0976. The van der Waals surface area contributed by atoms with Crippen molar-refractivity contribution < 1.29 is 9.90 Å². The minimum atomic E-state index is -0.349. The number of aromatic nitrogens is 5. The summed E-state index contributed by atoms with van der Waals surface area (Å²) in [6, 6.07) is 3.45. The normalized spacial score (nSPS) is 13.3. The molecule has 0 spiro atoms. The number of amides is 1. The number of nitrogens with two attached hydrogens (primary N) is 1. The van der Waals surface area contributed by atoms with Crippen LogP contribution in [-0.2, 0) is 7.05 Å².